The predicted octanol–water partition coefficient (Wildman–Crippen LogP) is 2.19. The van der Waals surface area contributed by atoms with Gasteiger partial charge in [0.2, 0.25) is 0 Å². The lowest BCUT2D eigenvalue weighted by Crippen LogP contribution is -1.84. The van der Waals surface area contributed by atoms with Gasteiger partial charge in [0.05, 0.1) is 6.20 Å². The standard InChI is InChI=1S/C4H4N2.C4H10O.C3H3NO/c1-2-6-4-3-5-1;1-3-5-4-2;1-2-5-3-4-1/h1-4H;3-4H2,1-2H3;1-3H. The first-order chi connectivity index (χ1) is 7.91. The Morgan fingerprint density at radius 1 is 0.875 bits per heavy atom. The summed E-state index contributed by atoms with van der Waals surface area (Å²) in [5.74, 6) is 0. The van der Waals surface area contributed by atoms with E-state index in [9.17, 15) is 0 Å². The molecule has 0 bridgehead atoms. The molecule has 0 aliphatic heterocycles. The fourth-order valence-corrected chi connectivity index (χ4v) is 0.633. The number of ether oxygens (including phenoxy) is 1. The van der Waals surface area contributed by atoms with Crippen LogP contribution in [0, 0.1) is 0 Å². The molecule has 0 spiro atoms. The van der Waals surface area contributed by atoms with Crippen LogP contribution in [0.2, 0.25) is 0 Å². The summed E-state index contributed by atoms with van der Waals surface area (Å²) in [5.41, 5.74) is 0. The Balaban J connectivity index is 0.000000213. The van der Waals surface area contributed by atoms with Gasteiger partial charge in [0, 0.05) is 38.0 Å². The normalized spacial score (nSPS) is 8.12. The van der Waals surface area contributed by atoms with Gasteiger partial charge < -0.3 is 9.15 Å². The van der Waals surface area contributed by atoms with E-state index >= 15 is 0 Å². The van der Waals surface area contributed by atoms with Gasteiger partial charge in [-0.2, -0.15) is 0 Å². The highest BCUT2D eigenvalue weighted by Crippen LogP contribution is 1.72. The van der Waals surface area contributed by atoms with E-state index in [0.29, 0.717) is 0 Å². The van der Waals surface area contributed by atoms with E-state index in [2.05, 4.69) is 19.4 Å². The average Bonchev–Trinajstić information content (AvgIpc) is 2.92. The van der Waals surface area contributed by atoms with Crippen LogP contribution in [0.5, 0.6) is 0 Å². The van der Waals surface area contributed by atoms with Crippen molar-refractivity contribution in [3.63, 3.8) is 0 Å². The van der Waals surface area contributed by atoms with E-state index in [1.165, 1.54) is 12.7 Å². The van der Waals surface area contributed by atoms with Gasteiger partial charge in [0.25, 0.3) is 0 Å². The molecule has 0 aromatic carbocycles. The Bertz CT molecular complexity index is 241. The summed E-state index contributed by atoms with van der Waals surface area (Å²) in [5, 5.41) is 0. The van der Waals surface area contributed by atoms with Crippen LogP contribution in [0.25, 0.3) is 0 Å². The molecule has 2 aromatic rings. The minimum absolute atomic E-state index is 0.844. The molecule has 2 aromatic heterocycles. The van der Waals surface area contributed by atoms with Crippen LogP contribution in [0.1, 0.15) is 13.8 Å². The van der Waals surface area contributed by atoms with Gasteiger partial charge in [-0.1, -0.05) is 0 Å². The second-order valence-electron chi connectivity index (χ2n) is 2.35. The van der Waals surface area contributed by atoms with E-state index in [0.717, 1.165) is 13.2 Å². The van der Waals surface area contributed by atoms with Crippen LogP contribution >= 0.6 is 0 Å². The highest BCUT2D eigenvalue weighted by Gasteiger charge is 1.64. The highest BCUT2D eigenvalue weighted by molar-refractivity contribution is 4.70. The fourth-order valence-electron chi connectivity index (χ4n) is 0.633. The van der Waals surface area contributed by atoms with Crippen molar-refractivity contribution < 1.29 is 9.15 Å². The quantitative estimate of drug-likeness (QED) is 0.781. The Hall–Kier alpha value is -1.75. The number of aromatic nitrogens is 3. The van der Waals surface area contributed by atoms with E-state index in [4.69, 9.17) is 4.74 Å². The largest absolute Gasteiger partial charge is 0.452 e. The molecule has 0 fully saturated rings. The summed E-state index contributed by atoms with van der Waals surface area (Å²) in [7, 11) is 0. The zero-order chi connectivity index (χ0) is 11.9. The number of nitrogens with zero attached hydrogens (tertiary/aromatic N) is 3. The maximum atomic E-state index is 4.83. The van der Waals surface area contributed by atoms with Crippen LogP contribution < -0.4 is 0 Å². The molecule has 0 amide bonds. The molecule has 0 aliphatic carbocycles. The fraction of sp³-hybridized carbons (Fsp3) is 0.364. The number of oxazole rings is 1. The van der Waals surface area contributed by atoms with Crippen molar-refractivity contribution in [2.75, 3.05) is 13.2 Å². The van der Waals surface area contributed by atoms with Crippen molar-refractivity contribution in [3.05, 3.63) is 43.6 Å². The minimum Gasteiger partial charge on any atom is -0.452 e. The zero-order valence-electron chi connectivity index (χ0n) is 9.61. The lowest BCUT2D eigenvalue weighted by Gasteiger charge is -1.86. The highest BCUT2D eigenvalue weighted by atomic mass is 16.5. The summed E-state index contributed by atoms with van der Waals surface area (Å²) < 4.78 is 9.31. The van der Waals surface area contributed by atoms with Crippen molar-refractivity contribution in [1.82, 2.24) is 15.0 Å². The molecule has 0 unspecified atom stereocenters. The molecule has 0 saturated heterocycles. The van der Waals surface area contributed by atoms with Gasteiger partial charge in [0.1, 0.15) is 6.26 Å². The average molecular weight is 223 g/mol. The third-order valence-electron chi connectivity index (χ3n) is 1.23. The first-order valence-electron chi connectivity index (χ1n) is 5.01. The Labute approximate surface area is 95.5 Å². The Kier molecular flexibility index (Phi) is 11.8. The summed E-state index contributed by atoms with van der Waals surface area (Å²) >= 11 is 0. The second-order valence-corrected chi connectivity index (χ2v) is 2.35. The van der Waals surface area contributed by atoms with Gasteiger partial charge in [-0.3, -0.25) is 9.97 Å². The maximum absolute atomic E-state index is 4.83. The Morgan fingerprint density at radius 3 is 1.56 bits per heavy atom. The molecular weight excluding hydrogens is 206 g/mol. The van der Waals surface area contributed by atoms with Crippen molar-refractivity contribution in [2.45, 2.75) is 13.8 Å². The third kappa shape index (κ3) is 12.2. The molecule has 5 heteroatoms. The molecule has 16 heavy (non-hydrogen) atoms. The van der Waals surface area contributed by atoms with Crippen LogP contribution in [0.3, 0.4) is 0 Å². The summed E-state index contributed by atoms with van der Waals surface area (Å²) in [6.45, 7) is 5.67. The molecule has 0 N–H and O–H groups in total. The summed E-state index contributed by atoms with van der Waals surface area (Å²) in [6, 6.07) is 0. The second kappa shape index (κ2) is 13.2. The van der Waals surface area contributed by atoms with Crippen molar-refractivity contribution in [3.8, 4) is 0 Å². The monoisotopic (exact) mass is 223 g/mol. The zero-order valence-corrected chi connectivity index (χ0v) is 9.61. The predicted molar refractivity (Wildman–Crippen MR) is 60.7 cm³/mol. The number of rotatable bonds is 2. The van der Waals surface area contributed by atoms with Gasteiger partial charge in [0.15, 0.2) is 6.39 Å². The van der Waals surface area contributed by atoms with Crippen molar-refractivity contribution in [2.24, 2.45) is 0 Å². The van der Waals surface area contributed by atoms with E-state index in [-0.39, 0.29) is 0 Å². The van der Waals surface area contributed by atoms with E-state index in [1.54, 1.807) is 31.0 Å². The molecule has 88 valence electrons. The van der Waals surface area contributed by atoms with Gasteiger partial charge in [-0.15, -0.1) is 0 Å². The van der Waals surface area contributed by atoms with Gasteiger partial charge >= 0.3 is 0 Å². The number of hydrogen-bond donors (Lipinski definition) is 0. The lowest BCUT2D eigenvalue weighted by molar-refractivity contribution is 0.162. The SMILES string of the molecule is CCOCC.c1cnccn1.c1cocn1. The van der Waals surface area contributed by atoms with Crippen LogP contribution in [-0.2, 0) is 4.74 Å². The van der Waals surface area contributed by atoms with Gasteiger partial charge in [-0.05, 0) is 13.8 Å². The first-order valence-corrected chi connectivity index (χ1v) is 5.01. The first kappa shape index (κ1) is 14.2. The summed E-state index contributed by atoms with van der Waals surface area (Å²) in [4.78, 5) is 11.0. The maximum Gasteiger partial charge on any atom is 0.180 e. The van der Waals surface area contributed by atoms with E-state index in [1.807, 2.05) is 13.8 Å². The van der Waals surface area contributed by atoms with Crippen LogP contribution in [0.15, 0.2) is 48.1 Å². The summed E-state index contributed by atoms with van der Waals surface area (Å²) in [6.07, 6.45) is 11.0. The lowest BCUT2D eigenvalue weighted by atomic mass is 10.8. The molecule has 0 saturated carbocycles. The molecule has 0 atom stereocenters. The minimum atomic E-state index is 0.844. The third-order valence-corrected chi connectivity index (χ3v) is 1.23. The Morgan fingerprint density at radius 2 is 1.44 bits per heavy atom. The number of hydrogen-bond acceptors (Lipinski definition) is 5. The smallest absolute Gasteiger partial charge is 0.180 e. The molecule has 2 rings (SSSR count). The van der Waals surface area contributed by atoms with Crippen molar-refractivity contribution in [1.29, 1.82) is 0 Å². The van der Waals surface area contributed by atoms with Crippen LogP contribution in [0.4, 0.5) is 0 Å². The van der Waals surface area contributed by atoms with E-state index < -0.39 is 0 Å². The molecule has 5 nitrogen and oxygen atoms in total. The van der Waals surface area contributed by atoms with Gasteiger partial charge in [-0.25, -0.2) is 4.98 Å². The van der Waals surface area contributed by atoms with Crippen LogP contribution in [-0.4, -0.2) is 28.2 Å². The molecule has 2 heterocycles. The topological polar surface area (TPSA) is 61.0 Å². The molecular formula is C11H17N3O2. The molecule has 0 aliphatic rings. The molecule has 0 radical (unpaired) electrons. The van der Waals surface area contributed by atoms with Crippen molar-refractivity contribution >= 4 is 0 Å².